The van der Waals surface area contributed by atoms with E-state index < -0.39 is 0 Å². The Hall–Kier alpha value is -2.29. The van der Waals surface area contributed by atoms with Crippen LogP contribution in [0.3, 0.4) is 0 Å². The van der Waals surface area contributed by atoms with E-state index in [4.69, 9.17) is 5.73 Å². The van der Waals surface area contributed by atoms with Gasteiger partial charge in [0, 0.05) is 18.3 Å². The van der Waals surface area contributed by atoms with Crippen LogP contribution in [-0.4, -0.2) is 9.55 Å². The minimum atomic E-state index is 0.757. The number of rotatable bonds is 1. The quantitative estimate of drug-likeness (QED) is 0.661. The molecule has 3 aromatic rings. The molecule has 3 rings (SSSR count). The number of nitrogen functional groups attached to an aromatic ring is 1. The molecule has 0 atom stereocenters. The Labute approximate surface area is 106 Å². The standard InChI is InChI=1S/C15H15N3/c1-10-7-8-14-13(9-10)17-15(18(14)2)11-5-3-4-6-12(11)16/h3-9H,16H2,1-2H3. The molecule has 0 saturated carbocycles. The predicted octanol–water partition coefficient (Wildman–Crippen LogP) is 3.13. The van der Waals surface area contributed by atoms with Crippen molar-refractivity contribution in [3.63, 3.8) is 0 Å². The summed E-state index contributed by atoms with van der Waals surface area (Å²) in [6, 6.07) is 14.1. The second-order valence-corrected chi connectivity index (χ2v) is 4.57. The van der Waals surface area contributed by atoms with Gasteiger partial charge < -0.3 is 10.3 Å². The Balaban J connectivity index is 2.31. The predicted molar refractivity (Wildman–Crippen MR) is 75.3 cm³/mol. The van der Waals surface area contributed by atoms with Gasteiger partial charge in [-0.2, -0.15) is 0 Å². The molecule has 0 unspecified atom stereocenters. The van der Waals surface area contributed by atoms with Crippen LogP contribution in [0.2, 0.25) is 0 Å². The molecular weight excluding hydrogens is 222 g/mol. The first-order valence-corrected chi connectivity index (χ1v) is 5.95. The minimum Gasteiger partial charge on any atom is -0.398 e. The molecular formula is C15H15N3. The van der Waals surface area contributed by atoms with Crippen LogP contribution in [0.15, 0.2) is 42.5 Å². The number of nitrogens with zero attached hydrogens (tertiary/aromatic N) is 2. The summed E-state index contributed by atoms with van der Waals surface area (Å²) in [5, 5.41) is 0. The van der Waals surface area contributed by atoms with Crippen molar-refractivity contribution in [1.29, 1.82) is 0 Å². The molecule has 0 aliphatic heterocycles. The van der Waals surface area contributed by atoms with Crippen LogP contribution in [0.5, 0.6) is 0 Å². The first-order chi connectivity index (χ1) is 8.66. The third-order valence-corrected chi connectivity index (χ3v) is 3.24. The van der Waals surface area contributed by atoms with E-state index in [1.807, 2.05) is 31.3 Å². The maximum absolute atomic E-state index is 6.02. The highest BCUT2D eigenvalue weighted by Gasteiger charge is 2.11. The highest BCUT2D eigenvalue weighted by atomic mass is 15.1. The summed E-state index contributed by atoms with van der Waals surface area (Å²) >= 11 is 0. The summed E-state index contributed by atoms with van der Waals surface area (Å²) in [6.45, 7) is 2.07. The lowest BCUT2D eigenvalue weighted by Gasteiger charge is -2.05. The average Bonchev–Trinajstić information content (AvgIpc) is 2.67. The van der Waals surface area contributed by atoms with Crippen LogP contribution < -0.4 is 5.73 Å². The summed E-state index contributed by atoms with van der Waals surface area (Å²) in [6.07, 6.45) is 0. The van der Waals surface area contributed by atoms with Crippen molar-refractivity contribution in [3.8, 4) is 11.4 Å². The maximum atomic E-state index is 6.02. The van der Waals surface area contributed by atoms with Crippen LogP contribution in [0, 0.1) is 6.92 Å². The van der Waals surface area contributed by atoms with Crippen molar-refractivity contribution in [2.24, 2.45) is 7.05 Å². The molecule has 0 fully saturated rings. The van der Waals surface area contributed by atoms with Crippen LogP contribution >= 0.6 is 0 Å². The van der Waals surface area contributed by atoms with Gasteiger partial charge in [-0.15, -0.1) is 0 Å². The molecule has 1 heterocycles. The Kier molecular flexibility index (Phi) is 2.33. The van der Waals surface area contributed by atoms with Gasteiger partial charge in [0.1, 0.15) is 5.82 Å². The molecule has 2 aromatic carbocycles. The number of benzene rings is 2. The van der Waals surface area contributed by atoms with E-state index in [1.165, 1.54) is 5.56 Å². The molecule has 2 N–H and O–H groups in total. The second-order valence-electron chi connectivity index (χ2n) is 4.57. The molecule has 0 bridgehead atoms. The van der Waals surface area contributed by atoms with Crippen molar-refractivity contribution in [2.75, 3.05) is 5.73 Å². The molecule has 1 aromatic heterocycles. The third kappa shape index (κ3) is 1.56. The molecule has 0 aliphatic rings. The summed E-state index contributed by atoms with van der Waals surface area (Å²) < 4.78 is 2.08. The number of aryl methyl sites for hydroxylation is 2. The summed E-state index contributed by atoms with van der Waals surface area (Å²) in [7, 11) is 2.02. The van der Waals surface area contributed by atoms with Gasteiger partial charge in [-0.05, 0) is 36.8 Å². The summed E-state index contributed by atoms with van der Waals surface area (Å²) in [5.41, 5.74) is 11.1. The van der Waals surface area contributed by atoms with Crippen molar-refractivity contribution < 1.29 is 0 Å². The lowest BCUT2D eigenvalue weighted by molar-refractivity contribution is 0.960. The van der Waals surface area contributed by atoms with Gasteiger partial charge >= 0.3 is 0 Å². The lowest BCUT2D eigenvalue weighted by Crippen LogP contribution is -1.96. The molecule has 0 radical (unpaired) electrons. The van der Waals surface area contributed by atoms with Gasteiger partial charge in [0.2, 0.25) is 0 Å². The van der Waals surface area contributed by atoms with E-state index in [2.05, 4.69) is 34.7 Å². The average molecular weight is 237 g/mol. The Morgan fingerprint density at radius 2 is 1.89 bits per heavy atom. The monoisotopic (exact) mass is 237 g/mol. The molecule has 0 amide bonds. The molecule has 0 spiro atoms. The Morgan fingerprint density at radius 3 is 2.67 bits per heavy atom. The first kappa shape index (κ1) is 10.8. The highest BCUT2D eigenvalue weighted by Crippen LogP contribution is 2.27. The van der Waals surface area contributed by atoms with Crippen LogP contribution in [-0.2, 0) is 7.05 Å². The van der Waals surface area contributed by atoms with Gasteiger partial charge in [-0.25, -0.2) is 4.98 Å². The number of anilines is 1. The van der Waals surface area contributed by atoms with E-state index in [1.54, 1.807) is 0 Å². The lowest BCUT2D eigenvalue weighted by atomic mass is 10.2. The Morgan fingerprint density at radius 1 is 1.11 bits per heavy atom. The normalized spacial score (nSPS) is 11.0. The number of fused-ring (bicyclic) bond motifs is 1. The molecule has 18 heavy (non-hydrogen) atoms. The molecule has 0 aliphatic carbocycles. The van der Waals surface area contributed by atoms with Crippen molar-refractivity contribution in [2.45, 2.75) is 6.92 Å². The zero-order valence-corrected chi connectivity index (χ0v) is 10.5. The summed E-state index contributed by atoms with van der Waals surface area (Å²) in [4.78, 5) is 4.69. The van der Waals surface area contributed by atoms with Crippen LogP contribution in [0.1, 0.15) is 5.56 Å². The fraction of sp³-hybridized carbons (Fsp3) is 0.133. The van der Waals surface area contributed by atoms with Gasteiger partial charge in [-0.3, -0.25) is 0 Å². The number of hydrogen-bond acceptors (Lipinski definition) is 2. The first-order valence-electron chi connectivity index (χ1n) is 5.95. The molecule has 3 heteroatoms. The zero-order chi connectivity index (χ0) is 12.7. The Bertz CT molecular complexity index is 726. The topological polar surface area (TPSA) is 43.8 Å². The van der Waals surface area contributed by atoms with Gasteiger partial charge in [0.05, 0.1) is 11.0 Å². The van der Waals surface area contributed by atoms with E-state index in [-0.39, 0.29) is 0 Å². The van der Waals surface area contributed by atoms with E-state index in [9.17, 15) is 0 Å². The third-order valence-electron chi connectivity index (χ3n) is 3.24. The fourth-order valence-corrected chi connectivity index (χ4v) is 2.25. The zero-order valence-electron chi connectivity index (χ0n) is 10.5. The number of para-hydroxylation sites is 1. The largest absolute Gasteiger partial charge is 0.398 e. The van der Waals surface area contributed by atoms with E-state index in [0.717, 1.165) is 28.1 Å². The number of hydrogen-bond donors (Lipinski definition) is 1. The molecule has 90 valence electrons. The van der Waals surface area contributed by atoms with E-state index in [0.29, 0.717) is 0 Å². The minimum absolute atomic E-state index is 0.757. The van der Waals surface area contributed by atoms with Crippen molar-refractivity contribution >= 4 is 16.7 Å². The number of imidazole rings is 1. The highest BCUT2D eigenvalue weighted by molar-refractivity contribution is 5.83. The number of nitrogens with two attached hydrogens (primary N) is 1. The van der Waals surface area contributed by atoms with Gasteiger partial charge in [0.15, 0.2) is 0 Å². The van der Waals surface area contributed by atoms with Crippen LogP contribution in [0.25, 0.3) is 22.4 Å². The van der Waals surface area contributed by atoms with Crippen LogP contribution in [0.4, 0.5) is 5.69 Å². The van der Waals surface area contributed by atoms with Gasteiger partial charge in [0.25, 0.3) is 0 Å². The fourth-order valence-electron chi connectivity index (χ4n) is 2.25. The smallest absolute Gasteiger partial charge is 0.142 e. The molecule has 3 nitrogen and oxygen atoms in total. The number of aromatic nitrogens is 2. The van der Waals surface area contributed by atoms with E-state index >= 15 is 0 Å². The summed E-state index contributed by atoms with van der Waals surface area (Å²) in [5.74, 6) is 0.911. The maximum Gasteiger partial charge on any atom is 0.142 e. The molecule has 0 saturated heterocycles. The second kappa shape index (κ2) is 3.88. The van der Waals surface area contributed by atoms with Crippen molar-refractivity contribution in [1.82, 2.24) is 9.55 Å². The van der Waals surface area contributed by atoms with Gasteiger partial charge in [-0.1, -0.05) is 18.2 Å². The SMILES string of the molecule is Cc1ccc2c(c1)nc(-c1ccccc1N)n2C. The van der Waals surface area contributed by atoms with Crippen molar-refractivity contribution in [3.05, 3.63) is 48.0 Å².